The SMILES string of the molecule is CCOCC[C@H]1CO[C@H]2CN(C(=O)c3cccc(C#N)c3)C[C@@H]12. The van der Waals surface area contributed by atoms with E-state index in [-0.39, 0.29) is 12.0 Å². The first-order valence-electron chi connectivity index (χ1n) is 8.21. The molecule has 5 heteroatoms. The first-order chi connectivity index (χ1) is 11.2. The first-order valence-corrected chi connectivity index (χ1v) is 8.21. The molecule has 0 aromatic heterocycles. The number of ether oxygens (including phenoxy) is 2. The molecule has 2 heterocycles. The Morgan fingerprint density at radius 1 is 1.48 bits per heavy atom. The Morgan fingerprint density at radius 3 is 3.13 bits per heavy atom. The summed E-state index contributed by atoms with van der Waals surface area (Å²) >= 11 is 0. The highest BCUT2D eigenvalue weighted by Gasteiger charge is 2.44. The number of hydrogen-bond acceptors (Lipinski definition) is 4. The Bertz CT molecular complexity index is 611. The van der Waals surface area contributed by atoms with Crippen molar-refractivity contribution in [2.75, 3.05) is 32.9 Å². The minimum atomic E-state index is -0.0105. The average molecular weight is 314 g/mol. The van der Waals surface area contributed by atoms with Crippen LogP contribution in [0.25, 0.3) is 0 Å². The van der Waals surface area contributed by atoms with Crippen LogP contribution < -0.4 is 0 Å². The molecule has 1 aromatic carbocycles. The second-order valence-corrected chi connectivity index (χ2v) is 6.18. The van der Waals surface area contributed by atoms with E-state index in [0.29, 0.717) is 29.5 Å². The molecule has 0 spiro atoms. The van der Waals surface area contributed by atoms with Gasteiger partial charge in [-0.05, 0) is 37.5 Å². The van der Waals surface area contributed by atoms with Gasteiger partial charge < -0.3 is 14.4 Å². The maximum atomic E-state index is 12.6. The zero-order valence-electron chi connectivity index (χ0n) is 13.4. The summed E-state index contributed by atoms with van der Waals surface area (Å²) in [6.07, 6.45) is 1.13. The molecule has 3 rings (SSSR count). The number of nitriles is 1. The Balaban J connectivity index is 1.63. The van der Waals surface area contributed by atoms with Crippen LogP contribution >= 0.6 is 0 Å². The van der Waals surface area contributed by atoms with Crippen LogP contribution in [0.4, 0.5) is 0 Å². The van der Waals surface area contributed by atoms with Crippen LogP contribution in [0.3, 0.4) is 0 Å². The van der Waals surface area contributed by atoms with Crippen LogP contribution in [-0.2, 0) is 9.47 Å². The number of nitrogens with zero attached hydrogens (tertiary/aromatic N) is 2. The Kier molecular flexibility index (Phi) is 4.94. The van der Waals surface area contributed by atoms with Crippen molar-refractivity contribution in [3.63, 3.8) is 0 Å². The molecule has 0 radical (unpaired) electrons. The van der Waals surface area contributed by atoms with Gasteiger partial charge in [-0.15, -0.1) is 0 Å². The molecule has 2 fully saturated rings. The number of fused-ring (bicyclic) bond motifs is 1. The third-order valence-electron chi connectivity index (χ3n) is 4.80. The van der Waals surface area contributed by atoms with Crippen molar-refractivity contribution in [2.24, 2.45) is 11.8 Å². The molecule has 0 N–H and O–H groups in total. The fourth-order valence-electron chi connectivity index (χ4n) is 3.55. The van der Waals surface area contributed by atoms with Gasteiger partial charge in [0.05, 0.1) is 24.3 Å². The number of amides is 1. The summed E-state index contributed by atoms with van der Waals surface area (Å²) < 4.78 is 11.3. The maximum absolute atomic E-state index is 12.6. The molecule has 2 saturated heterocycles. The van der Waals surface area contributed by atoms with Gasteiger partial charge in [0.25, 0.3) is 5.91 Å². The van der Waals surface area contributed by atoms with Crippen molar-refractivity contribution < 1.29 is 14.3 Å². The standard InChI is InChI=1S/C18H22N2O3/c1-2-22-7-6-15-12-23-17-11-20(10-16(15)17)18(21)14-5-3-4-13(8-14)9-19/h3-5,8,15-17H,2,6-7,10-12H2,1H3/t15-,16-,17-/m0/s1. The lowest BCUT2D eigenvalue weighted by Crippen LogP contribution is -2.31. The normalized spacial score (nSPS) is 26.1. The molecular weight excluding hydrogens is 292 g/mol. The molecule has 122 valence electrons. The van der Waals surface area contributed by atoms with Crippen molar-refractivity contribution in [3.8, 4) is 6.07 Å². The van der Waals surface area contributed by atoms with E-state index in [1.807, 2.05) is 11.8 Å². The third kappa shape index (κ3) is 3.39. The van der Waals surface area contributed by atoms with E-state index in [4.69, 9.17) is 14.7 Å². The van der Waals surface area contributed by atoms with Gasteiger partial charge in [-0.3, -0.25) is 4.79 Å². The molecule has 0 bridgehead atoms. The molecule has 0 aliphatic carbocycles. The fraction of sp³-hybridized carbons (Fsp3) is 0.556. The lowest BCUT2D eigenvalue weighted by molar-refractivity contribution is 0.0659. The maximum Gasteiger partial charge on any atom is 0.253 e. The smallest absolute Gasteiger partial charge is 0.253 e. The zero-order chi connectivity index (χ0) is 16.2. The summed E-state index contributed by atoms with van der Waals surface area (Å²) in [6.45, 7) is 5.64. The second kappa shape index (κ2) is 7.12. The minimum absolute atomic E-state index is 0.0105. The predicted octanol–water partition coefficient (Wildman–Crippen LogP) is 2.07. The summed E-state index contributed by atoms with van der Waals surface area (Å²) in [5.74, 6) is 0.858. The third-order valence-corrected chi connectivity index (χ3v) is 4.80. The van der Waals surface area contributed by atoms with Gasteiger partial charge in [-0.2, -0.15) is 5.26 Å². The van der Waals surface area contributed by atoms with Gasteiger partial charge in [0.1, 0.15) is 0 Å². The van der Waals surface area contributed by atoms with Gasteiger partial charge in [-0.1, -0.05) is 6.07 Å². The first kappa shape index (κ1) is 16.0. The number of benzene rings is 1. The van der Waals surface area contributed by atoms with E-state index in [0.717, 1.165) is 32.8 Å². The van der Waals surface area contributed by atoms with E-state index in [2.05, 4.69) is 6.07 Å². The highest BCUT2D eigenvalue weighted by Crippen LogP contribution is 2.36. The number of carbonyl (C=O) groups excluding carboxylic acids is 1. The summed E-state index contributed by atoms with van der Waals surface area (Å²) in [6, 6.07) is 8.97. The molecule has 3 atom stereocenters. The van der Waals surface area contributed by atoms with E-state index in [1.165, 1.54) is 0 Å². The molecule has 2 aliphatic heterocycles. The van der Waals surface area contributed by atoms with Crippen molar-refractivity contribution >= 4 is 5.91 Å². The van der Waals surface area contributed by atoms with Crippen LogP contribution in [0.15, 0.2) is 24.3 Å². The summed E-state index contributed by atoms with van der Waals surface area (Å²) in [5, 5.41) is 8.97. The van der Waals surface area contributed by atoms with E-state index in [1.54, 1.807) is 24.3 Å². The highest BCUT2D eigenvalue weighted by molar-refractivity contribution is 5.94. The Hall–Kier alpha value is -1.90. The van der Waals surface area contributed by atoms with Crippen molar-refractivity contribution in [1.29, 1.82) is 5.26 Å². The predicted molar refractivity (Wildman–Crippen MR) is 84.9 cm³/mol. The van der Waals surface area contributed by atoms with Crippen molar-refractivity contribution in [2.45, 2.75) is 19.4 Å². The van der Waals surface area contributed by atoms with Gasteiger partial charge in [0.15, 0.2) is 0 Å². The lowest BCUT2D eigenvalue weighted by atomic mass is 9.91. The minimum Gasteiger partial charge on any atom is -0.382 e. The second-order valence-electron chi connectivity index (χ2n) is 6.18. The van der Waals surface area contributed by atoms with Gasteiger partial charge in [0.2, 0.25) is 0 Å². The summed E-state index contributed by atoms with van der Waals surface area (Å²) in [4.78, 5) is 14.5. The molecular formula is C18H22N2O3. The number of rotatable bonds is 5. The highest BCUT2D eigenvalue weighted by atomic mass is 16.5. The molecule has 5 nitrogen and oxygen atoms in total. The van der Waals surface area contributed by atoms with E-state index >= 15 is 0 Å². The van der Waals surface area contributed by atoms with Crippen LogP contribution in [0.1, 0.15) is 29.3 Å². The number of carbonyl (C=O) groups is 1. The van der Waals surface area contributed by atoms with Crippen molar-refractivity contribution in [3.05, 3.63) is 35.4 Å². The van der Waals surface area contributed by atoms with Crippen LogP contribution in [0.2, 0.25) is 0 Å². The van der Waals surface area contributed by atoms with E-state index in [9.17, 15) is 4.79 Å². The largest absolute Gasteiger partial charge is 0.382 e. The summed E-state index contributed by atoms with van der Waals surface area (Å²) in [7, 11) is 0. The average Bonchev–Trinajstić information content (AvgIpc) is 3.16. The summed E-state index contributed by atoms with van der Waals surface area (Å²) in [5.41, 5.74) is 1.09. The topological polar surface area (TPSA) is 62.6 Å². The quantitative estimate of drug-likeness (QED) is 0.781. The van der Waals surface area contributed by atoms with Gasteiger partial charge in [0, 0.05) is 37.8 Å². The Labute approximate surface area is 136 Å². The van der Waals surface area contributed by atoms with E-state index < -0.39 is 0 Å². The molecule has 1 aromatic rings. The van der Waals surface area contributed by atoms with Gasteiger partial charge >= 0.3 is 0 Å². The number of hydrogen-bond donors (Lipinski definition) is 0. The number of likely N-dealkylation sites (tertiary alicyclic amines) is 1. The van der Waals surface area contributed by atoms with Crippen LogP contribution in [0.5, 0.6) is 0 Å². The molecule has 2 aliphatic rings. The molecule has 0 unspecified atom stereocenters. The Morgan fingerprint density at radius 2 is 2.35 bits per heavy atom. The lowest BCUT2D eigenvalue weighted by Gasteiger charge is -2.20. The molecule has 1 amide bonds. The van der Waals surface area contributed by atoms with Crippen LogP contribution in [0, 0.1) is 23.2 Å². The van der Waals surface area contributed by atoms with Crippen molar-refractivity contribution in [1.82, 2.24) is 4.90 Å². The molecule has 23 heavy (non-hydrogen) atoms. The fourth-order valence-corrected chi connectivity index (χ4v) is 3.55. The zero-order valence-corrected chi connectivity index (χ0v) is 13.4. The van der Waals surface area contributed by atoms with Gasteiger partial charge in [-0.25, -0.2) is 0 Å². The monoisotopic (exact) mass is 314 g/mol. The van der Waals surface area contributed by atoms with Crippen LogP contribution in [-0.4, -0.2) is 49.8 Å². The molecule has 0 saturated carbocycles.